The molecule has 4 N–H and O–H groups in total. The van der Waals surface area contributed by atoms with E-state index < -0.39 is 29.8 Å². The molecule has 0 aliphatic rings. The molecule has 3 amide bonds. The van der Waals surface area contributed by atoms with Crippen LogP contribution in [0.2, 0.25) is 10.0 Å². The Bertz CT molecular complexity index is 540. The fraction of sp³-hybridized carbons (Fsp3) is 0.333. The third kappa shape index (κ3) is 4.33. The van der Waals surface area contributed by atoms with Crippen LogP contribution in [0.1, 0.15) is 25.5 Å². The van der Waals surface area contributed by atoms with Gasteiger partial charge in [-0.1, -0.05) is 23.2 Å². The number of nitrogens with one attached hydrogen (secondary N) is 2. The Hall–Kier alpha value is -1.37. The molecule has 0 radical (unpaired) electrons. The van der Waals surface area contributed by atoms with Gasteiger partial charge >= 0.3 is 6.03 Å². The third-order valence-corrected chi connectivity index (χ3v) is 3.26. The monoisotopic (exact) mass is 321 g/mol. The molecule has 0 aliphatic carbocycles. The number of benzene rings is 1. The molecule has 8 heteroatoms. The summed E-state index contributed by atoms with van der Waals surface area (Å²) < 4.78 is 13.4. The van der Waals surface area contributed by atoms with Crippen LogP contribution < -0.4 is 16.4 Å². The highest BCUT2D eigenvalue weighted by Crippen LogP contribution is 2.28. The zero-order valence-corrected chi connectivity index (χ0v) is 12.3. The zero-order chi connectivity index (χ0) is 15.4. The number of rotatable bonds is 4. The van der Waals surface area contributed by atoms with E-state index in [2.05, 4.69) is 5.32 Å². The van der Waals surface area contributed by atoms with Gasteiger partial charge in [-0.05, 0) is 31.5 Å². The van der Waals surface area contributed by atoms with Gasteiger partial charge in [0.05, 0.1) is 11.1 Å². The summed E-state index contributed by atoms with van der Waals surface area (Å²) in [5, 5.41) is 5.02. The maximum atomic E-state index is 13.4. The second-order valence-corrected chi connectivity index (χ2v) is 5.07. The van der Waals surface area contributed by atoms with Gasteiger partial charge in [0.1, 0.15) is 5.82 Å². The molecule has 2 atom stereocenters. The van der Waals surface area contributed by atoms with Crippen LogP contribution in [0.3, 0.4) is 0 Å². The van der Waals surface area contributed by atoms with Gasteiger partial charge in [0.15, 0.2) is 0 Å². The highest BCUT2D eigenvalue weighted by Gasteiger charge is 2.19. The second-order valence-electron chi connectivity index (χ2n) is 4.25. The Morgan fingerprint density at radius 3 is 2.40 bits per heavy atom. The van der Waals surface area contributed by atoms with E-state index in [0.717, 1.165) is 0 Å². The van der Waals surface area contributed by atoms with E-state index in [4.69, 9.17) is 28.9 Å². The number of amides is 3. The number of imide groups is 1. The van der Waals surface area contributed by atoms with Crippen molar-refractivity contribution in [1.29, 1.82) is 0 Å². The first-order valence-corrected chi connectivity index (χ1v) is 6.48. The Morgan fingerprint density at radius 1 is 1.25 bits per heavy atom. The lowest BCUT2D eigenvalue weighted by Gasteiger charge is -2.20. The van der Waals surface area contributed by atoms with E-state index in [1.807, 2.05) is 5.32 Å². The van der Waals surface area contributed by atoms with Gasteiger partial charge < -0.3 is 5.73 Å². The lowest BCUT2D eigenvalue weighted by atomic mass is 10.1. The van der Waals surface area contributed by atoms with Gasteiger partial charge in [0.2, 0.25) is 5.91 Å². The number of hydrogen-bond donors (Lipinski definition) is 3. The van der Waals surface area contributed by atoms with Gasteiger partial charge in [-0.25, -0.2) is 9.18 Å². The van der Waals surface area contributed by atoms with Crippen LogP contribution in [0.5, 0.6) is 0 Å². The van der Waals surface area contributed by atoms with Crippen molar-refractivity contribution in [1.82, 2.24) is 10.6 Å². The van der Waals surface area contributed by atoms with Gasteiger partial charge in [-0.3, -0.25) is 15.4 Å². The number of hydrogen-bond acceptors (Lipinski definition) is 3. The van der Waals surface area contributed by atoms with Crippen LogP contribution >= 0.6 is 23.2 Å². The van der Waals surface area contributed by atoms with Gasteiger partial charge in [0.25, 0.3) is 0 Å². The SMILES string of the molecule is C[C@@H](N[C@H](C)c1cc(F)c(Cl)cc1Cl)C(=O)NC(N)=O. The van der Waals surface area contributed by atoms with Crippen LogP contribution in [0.15, 0.2) is 12.1 Å². The molecule has 0 fully saturated rings. The van der Waals surface area contributed by atoms with Crippen molar-refractivity contribution in [3.05, 3.63) is 33.6 Å². The van der Waals surface area contributed by atoms with Crippen LogP contribution in [0, 0.1) is 5.82 Å². The molecule has 1 rings (SSSR count). The minimum Gasteiger partial charge on any atom is -0.351 e. The summed E-state index contributed by atoms with van der Waals surface area (Å²) in [7, 11) is 0. The fourth-order valence-corrected chi connectivity index (χ4v) is 2.19. The smallest absolute Gasteiger partial charge is 0.318 e. The summed E-state index contributed by atoms with van der Waals surface area (Å²) in [6.45, 7) is 3.23. The van der Waals surface area contributed by atoms with Crippen LogP contribution in [-0.2, 0) is 4.79 Å². The summed E-state index contributed by atoms with van der Waals surface area (Å²) in [6, 6.07) is 0.406. The Balaban J connectivity index is 2.81. The third-order valence-electron chi connectivity index (χ3n) is 2.65. The first kappa shape index (κ1) is 16.7. The molecule has 1 aromatic carbocycles. The van der Waals surface area contributed by atoms with Crippen LogP contribution in [-0.4, -0.2) is 18.0 Å². The summed E-state index contributed by atoms with van der Waals surface area (Å²) in [4.78, 5) is 22.1. The molecule has 1 aromatic rings. The zero-order valence-electron chi connectivity index (χ0n) is 10.8. The lowest BCUT2D eigenvalue weighted by Crippen LogP contribution is -2.47. The second kappa shape index (κ2) is 6.88. The molecule has 110 valence electrons. The first-order chi connectivity index (χ1) is 9.22. The average molecular weight is 322 g/mol. The standard InChI is InChI=1S/C12H14Cl2FN3O2/c1-5(17-6(2)11(19)18-12(16)20)7-3-10(15)9(14)4-8(7)13/h3-6,17H,1-2H3,(H3,16,18,19,20)/t5-,6-/m1/s1. The lowest BCUT2D eigenvalue weighted by molar-refractivity contribution is -0.121. The maximum absolute atomic E-state index is 13.4. The molecule has 0 heterocycles. The predicted octanol–water partition coefficient (Wildman–Crippen LogP) is 2.37. The van der Waals surface area contributed by atoms with Crippen molar-refractivity contribution < 1.29 is 14.0 Å². The molecule has 0 aromatic heterocycles. The quantitative estimate of drug-likeness (QED) is 0.744. The Kier molecular flexibility index (Phi) is 5.74. The number of carbonyl (C=O) groups excluding carboxylic acids is 2. The Morgan fingerprint density at radius 2 is 1.85 bits per heavy atom. The maximum Gasteiger partial charge on any atom is 0.318 e. The number of nitrogens with two attached hydrogens (primary N) is 1. The van der Waals surface area contributed by atoms with E-state index in [1.165, 1.54) is 19.1 Å². The van der Waals surface area contributed by atoms with Crippen molar-refractivity contribution in [2.24, 2.45) is 5.73 Å². The largest absolute Gasteiger partial charge is 0.351 e. The van der Waals surface area contributed by atoms with Gasteiger partial charge in [0, 0.05) is 11.1 Å². The molecule has 0 unspecified atom stereocenters. The molecule has 0 aliphatic heterocycles. The van der Waals surface area contributed by atoms with Crippen molar-refractivity contribution >= 4 is 35.1 Å². The summed E-state index contributed by atoms with van der Waals surface area (Å²) >= 11 is 11.6. The van der Waals surface area contributed by atoms with E-state index >= 15 is 0 Å². The van der Waals surface area contributed by atoms with Gasteiger partial charge in [-0.2, -0.15) is 0 Å². The van der Waals surface area contributed by atoms with E-state index in [9.17, 15) is 14.0 Å². The number of primary amides is 1. The molecule has 20 heavy (non-hydrogen) atoms. The normalized spacial score (nSPS) is 13.7. The molecular formula is C12H14Cl2FN3O2. The topological polar surface area (TPSA) is 84.2 Å². The highest BCUT2D eigenvalue weighted by atomic mass is 35.5. The summed E-state index contributed by atoms with van der Waals surface area (Å²) in [5.41, 5.74) is 5.30. The van der Waals surface area contributed by atoms with E-state index in [0.29, 0.717) is 5.56 Å². The molecular weight excluding hydrogens is 308 g/mol. The first-order valence-electron chi connectivity index (χ1n) is 5.73. The summed E-state index contributed by atoms with van der Waals surface area (Å²) in [6.07, 6.45) is 0. The summed E-state index contributed by atoms with van der Waals surface area (Å²) in [5.74, 6) is -1.19. The van der Waals surface area contributed by atoms with E-state index in [-0.39, 0.29) is 10.0 Å². The average Bonchev–Trinajstić information content (AvgIpc) is 2.32. The number of urea groups is 1. The fourth-order valence-electron chi connectivity index (χ4n) is 1.64. The van der Waals surface area contributed by atoms with Crippen LogP contribution in [0.25, 0.3) is 0 Å². The molecule has 0 saturated heterocycles. The Labute approximate surface area is 125 Å². The van der Waals surface area contributed by atoms with Crippen molar-refractivity contribution in [3.63, 3.8) is 0 Å². The van der Waals surface area contributed by atoms with Crippen molar-refractivity contribution in [2.75, 3.05) is 0 Å². The number of halogens is 3. The molecule has 5 nitrogen and oxygen atoms in total. The molecule has 0 saturated carbocycles. The van der Waals surface area contributed by atoms with Crippen molar-refractivity contribution in [2.45, 2.75) is 25.9 Å². The molecule has 0 bridgehead atoms. The minimum atomic E-state index is -0.938. The number of carbonyl (C=O) groups is 2. The minimum absolute atomic E-state index is 0.0783. The van der Waals surface area contributed by atoms with Crippen molar-refractivity contribution in [3.8, 4) is 0 Å². The predicted molar refractivity (Wildman–Crippen MR) is 75.2 cm³/mol. The highest BCUT2D eigenvalue weighted by molar-refractivity contribution is 6.35. The van der Waals surface area contributed by atoms with Crippen LogP contribution in [0.4, 0.5) is 9.18 Å². The van der Waals surface area contributed by atoms with E-state index in [1.54, 1.807) is 6.92 Å². The van der Waals surface area contributed by atoms with Gasteiger partial charge in [-0.15, -0.1) is 0 Å². The molecule has 0 spiro atoms.